The van der Waals surface area contributed by atoms with Crippen LogP contribution >= 0.6 is 0 Å². The van der Waals surface area contributed by atoms with Crippen LogP contribution in [-0.4, -0.2) is 69.7 Å². The number of anilines is 3. The van der Waals surface area contributed by atoms with Gasteiger partial charge in [0.2, 0.25) is 17.6 Å². The maximum atomic E-state index is 13.0. The summed E-state index contributed by atoms with van der Waals surface area (Å²) in [5.41, 5.74) is 6.52. The van der Waals surface area contributed by atoms with E-state index in [1.807, 2.05) is 0 Å². The number of piperidine rings is 1. The van der Waals surface area contributed by atoms with E-state index >= 15 is 0 Å². The zero-order chi connectivity index (χ0) is 28.2. The standard InChI is InChI=1S/C27H31N7O6/c1-39-23-17(26-29-14-20(40-26)27(38)34-10-7-15(8-11-34)9-12-35)3-2-4-18(23)30-19-13-21(31-25(37)16-5-6-16)32-33-22(19)24(28)36/h2-4,13-16,35H,5-12H2,1H3,(H2,28,36)(H2,30,31,32,37). The number of aliphatic hydroxyl groups is 1. The number of nitrogens with zero attached hydrogens (tertiary/aromatic N) is 4. The van der Waals surface area contributed by atoms with Gasteiger partial charge in [-0.1, -0.05) is 6.07 Å². The van der Waals surface area contributed by atoms with Crippen LogP contribution < -0.4 is 21.1 Å². The van der Waals surface area contributed by atoms with Crippen molar-refractivity contribution in [3.63, 3.8) is 0 Å². The zero-order valence-electron chi connectivity index (χ0n) is 22.1. The first-order chi connectivity index (χ1) is 19.4. The molecular weight excluding hydrogens is 518 g/mol. The van der Waals surface area contributed by atoms with Crippen LogP contribution in [0, 0.1) is 11.8 Å². The van der Waals surface area contributed by atoms with E-state index in [0.29, 0.717) is 36.0 Å². The number of ether oxygens (including phenoxy) is 1. The van der Waals surface area contributed by atoms with Gasteiger partial charge < -0.3 is 35.5 Å². The lowest BCUT2D eigenvalue weighted by Gasteiger charge is -2.31. The van der Waals surface area contributed by atoms with Crippen LogP contribution in [0.2, 0.25) is 0 Å². The molecule has 5 rings (SSSR count). The minimum Gasteiger partial charge on any atom is -0.494 e. The first-order valence-electron chi connectivity index (χ1n) is 13.2. The summed E-state index contributed by atoms with van der Waals surface area (Å²) >= 11 is 0. The molecule has 0 radical (unpaired) electrons. The van der Waals surface area contributed by atoms with Crippen LogP contribution in [0.3, 0.4) is 0 Å². The first kappa shape index (κ1) is 27.1. The van der Waals surface area contributed by atoms with Gasteiger partial charge in [-0.05, 0) is 50.2 Å². The van der Waals surface area contributed by atoms with Gasteiger partial charge in [-0.2, -0.15) is 0 Å². The second-order valence-corrected chi connectivity index (χ2v) is 9.91. The second kappa shape index (κ2) is 11.7. The molecule has 210 valence electrons. The molecule has 40 heavy (non-hydrogen) atoms. The molecular formula is C27H31N7O6. The van der Waals surface area contributed by atoms with E-state index in [-0.39, 0.29) is 53.2 Å². The summed E-state index contributed by atoms with van der Waals surface area (Å²) in [4.78, 5) is 43.3. The Morgan fingerprint density at radius 2 is 1.93 bits per heavy atom. The van der Waals surface area contributed by atoms with Crippen LogP contribution in [0.1, 0.15) is 53.1 Å². The minimum absolute atomic E-state index is 0.0403. The Labute approximate surface area is 230 Å². The molecule has 0 bridgehead atoms. The zero-order valence-corrected chi connectivity index (χ0v) is 22.1. The van der Waals surface area contributed by atoms with Gasteiger partial charge in [0.15, 0.2) is 17.3 Å². The number of amides is 3. The smallest absolute Gasteiger partial charge is 0.291 e. The van der Waals surface area contributed by atoms with Gasteiger partial charge in [0.25, 0.3) is 11.8 Å². The van der Waals surface area contributed by atoms with E-state index in [0.717, 1.165) is 32.1 Å². The fraction of sp³-hybridized carbons (Fsp3) is 0.407. The molecule has 2 aromatic heterocycles. The first-order valence-corrected chi connectivity index (χ1v) is 13.2. The predicted octanol–water partition coefficient (Wildman–Crippen LogP) is 2.57. The summed E-state index contributed by atoms with van der Waals surface area (Å²) in [6, 6.07) is 6.64. The molecule has 13 heteroatoms. The Kier molecular flexibility index (Phi) is 7.91. The summed E-state index contributed by atoms with van der Waals surface area (Å²) in [5, 5.41) is 22.8. The topological polar surface area (TPSA) is 186 Å². The Balaban J connectivity index is 1.37. The molecule has 0 atom stereocenters. The predicted molar refractivity (Wildman–Crippen MR) is 144 cm³/mol. The highest BCUT2D eigenvalue weighted by atomic mass is 16.5. The third-order valence-electron chi connectivity index (χ3n) is 7.10. The number of nitrogens with two attached hydrogens (primary N) is 1. The Morgan fingerprint density at radius 3 is 2.60 bits per heavy atom. The number of nitrogens with one attached hydrogen (secondary N) is 2. The van der Waals surface area contributed by atoms with Crippen molar-refractivity contribution in [3.8, 4) is 17.2 Å². The molecule has 1 saturated carbocycles. The highest BCUT2D eigenvalue weighted by Gasteiger charge is 2.30. The average molecular weight is 550 g/mol. The lowest BCUT2D eigenvalue weighted by molar-refractivity contribution is -0.117. The third-order valence-corrected chi connectivity index (χ3v) is 7.10. The fourth-order valence-electron chi connectivity index (χ4n) is 4.73. The minimum atomic E-state index is -0.804. The van der Waals surface area contributed by atoms with E-state index in [1.54, 1.807) is 23.1 Å². The number of hydrogen-bond acceptors (Lipinski definition) is 10. The summed E-state index contributed by atoms with van der Waals surface area (Å²) in [6.45, 7) is 1.33. The van der Waals surface area contributed by atoms with Crippen molar-refractivity contribution in [2.45, 2.75) is 32.1 Å². The molecule has 2 aliphatic rings. The average Bonchev–Trinajstić information content (AvgIpc) is 3.70. The number of oxazole rings is 1. The largest absolute Gasteiger partial charge is 0.494 e. The van der Waals surface area contributed by atoms with Gasteiger partial charge in [-0.3, -0.25) is 14.4 Å². The summed E-state index contributed by atoms with van der Waals surface area (Å²) in [6.07, 6.45) is 5.45. The molecule has 5 N–H and O–H groups in total. The number of aromatic nitrogens is 3. The lowest BCUT2D eigenvalue weighted by Crippen LogP contribution is -2.38. The van der Waals surface area contributed by atoms with Crippen LogP contribution in [0.5, 0.6) is 5.75 Å². The lowest BCUT2D eigenvalue weighted by atomic mass is 9.94. The van der Waals surface area contributed by atoms with Gasteiger partial charge in [0, 0.05) is 31.7 Å². The third kappa shape index (κ3) is 5.88. The van der Waals surface area contributed by atoms with Crippen molar-refractivity contribution in [2.75, 3.05) is 37.4 Å². The van der Waals surface area contributed by atoms with Crippen molar-refractivity contribution in [1.29, 1.82) is 0 Å². The molecule has 1 aliphatic heterocycles. The maximum absolute atomic E-state index is 13.0. The fourth-order valence-corrected chi connectivity index (χ4v) is 4.73. The number of para-hydroxylation sites is 1. The number of primary amides is 1. The van der Waals surface area contributed by atoms with E-state index < -0.39 is 5.91 Å². The SMILES string of the molecule is COc1c(Nc2cc(NC(=O)C3CC3)nnc2C(N)=O)cccc1-c1ncc(C(=O)N2CCC(CCO)CC2)o1. The van der Waals surface area contributed by atoms with Crippen LogP contribution in [0.15, 0.2) is 34.9 Å². The van der Waals surface area contributed by atoms with E-state index in [1.165, 1.54) is 19.4 Å². The van der Waals surface area contributed by atoms with E-state index in [2.05, 4.69) is 25.8 Å². The van der Waals surface area contributed by atoms with Gasteiger partial charge in [0.1, 0.15) is 0 Å². The molecule has 3 heterocycles. The molecule has 0 unspecified atom stereocenters. The molecule has 0 spiro atoms. The Hall–Kier alpha value is -4.52. The van der Waals surface area contributed by atoms with Gasteiger partial charge in [-0.15, -0.1) is 10.2 Å². The van der Waals surface area contributed by atoms with Crippen LogP contribution in [-0.2, 0) is 4.79 Å². The van der Waals surface area contributed by atoms with Crippen molar-refractivity contribution in [2.24, 2.45) is 17.6 Å². The molecule has 13 nitrogen and oxygen atoms in total. The normalized spacial score (nSPS) is 15.5. The van der Waals surface area contributed by atoms with Crippen molar-refractivity contribution < 1.29 is 28.6 Å². The van der Waals surface area contributed by atoms with Gasteiger partial charge in [0.05, 0.1) is 30.2 Å². The van der Waals surface area contributed by atoms with Crippen molar-refractivity contribution in [3.05, 3.63) is 41.9 Å². The van der Waals surface area contributed by atoms with Crippen LogP contribution in [0.25, 0.3) is 11.5 Å². The van der Waals surface area contributed by atoms with E-state index in [9.17, 15) is 14.4 Å². The van der Waals surface area contributed by atoms with E-state index in [4.69, 9.17) is 20.0 Å². The van der Waals surface area contributed by atoms with Gasteiger partial charge >= 0.3 is 0 Å². The number of carbonyl (C=O) groups excluding carboxylic acids is 3. The van der Waals surface area contributed by atoms with Crippen molar-refractivity contribution in [1.82, 2.24) is 20.1 Å². The number of methoxy groups -OCH3 is 1. The molecule has 1 aromatic carbocycles. The quantitative estimate of drug-likeness (QED) is 0.293. The highest BCUT2D eigenvalue weighted by Crippen LogP contribution is 2.38. The maximum Gasteiger partial charge on any atom is 0.291 e. The summed E-state index contributed by atoms with van der Waals surface area (Å²) < 4.78 is 11.5. The molecule has 3 aromatic rings. The summed E-state index contributed by atoms with van der Waals surface area (Å²) in [5.74, 6) is -0.0295. The Bertz CT molecular complexity index is 1410. The number of hydrogen-bond donors (Lipinski definition) is 4. The highest BCUT2D eigenvalue weighted by molar-refractivity contribution is 5.99. The molecule has 1 saturated heterocycles. The number of benzene rings is 1. The van der Waals surface area contributed by atoms with Crippen molar-refractivity contribution >= 4 is 34.9 Å². The number of carbonyl (C=O) groups is 3. The second-order valence-electron chi connectivity index (χ2n) is 9.91. The molecule has 3 amide bonds. The monoisotopic (exact) mass is 549 g/mol. The Morgan fingerprint density at radius 1 is 1.15 bits per heavy atom. The number of rotatable bonds is 10. The summed E-state index contributed by atoms with van der Waals surface area (Å²) in [7, 11) is 1.47. The van der Waals surface area contributed by atoms with Gasteiger partial charge in [-0.25, -0.2) is 4.98 Å². The molecule has 2 fully saturated rings. The number of aliphatic hydroxyl groups excluding tert-OH is 1. The van der Waals surface area contributed by atoms with Crippen LogP contribution in [0.4, 0.5) is 17.2 Å². The number of likely N-dealkylation sites (tertiary alicyclic amines) is 1. The molecule has 1 aliphatic carbocycles.